The van der Waals surface area contributed by atoms with Crippen LogP contribution in [0.5, 0.6) is 5.75 Å². The van der Waals surface area contributed by atoms with E-state index < -0.39 is 0 Å². The monoisotopic (exact) mass is 238 g/mol. The van der Waals surface area contributed by atoms with E-state index in [2.05, 4.69) is 0 Å². The summed E-state index contributed by atoms with van der Waals surface area (Å²) in [6, 6.07) is 12.6. The van der Waals surface area contributed by atoms with E-state index in [9.17, 15) is 5.11 Å². The molecule has 0 saturated heterocycles. The summed E-state index contributed by atoms with van der Waals surface area (Å²) in [5.41, 5.74) is 1.60. The van der Waals surface area contributed by atoms with E-state index in [0.29, 0.717) is 15.6 Å². The Morgan fingerprint density at radius 3 is 2.13 bits per heavy atom. The zero-order valence-electron chi connectivity index (χ0n) is 7.74. The molecule has 0 aliphatic heterocycles. The van der Waals surface area contributed by atoms with E-state index in [0.717, 1.165) is 5.56 Å². The van der Waals surface area contributed by atoms with Crippen LogP contribution in [-0.4, -0.2) is 5.11 Å². The quantitative estimate of drug-likeness (QED) is 0.783. The van der Waals surface area contributed by atoms with E-state index in [-0.39, 0.29) is 5.75 Å². The summed E-state index contributed by atoms with van der Waals surface area (Å²) in [5.74, 6) is 0.135. The summed E-state index contributed by atoms with van der Waals surface area (Å²) < 4.78 is 0. The van der Waals surface area contributed by atoms with Gasteiger partial charge in [0.25, 0.3) is 0 Å². The fraction of sp³-hybridized carbons (Fsp3) is 0. The molecule has 0 unspecified atom stereocenters. The summed E-state index contributed by atoms with van der Waals surface area (Å²) in [5, 5.41) is 10.5. The van der Waals surface area contributed by atoms with Gasteiger partial charge in [-0.15, -0.1) is 0 Å². The zero-order chi connectivity index (χ0) is 10.8. The predicted octanol–water partition coefficient (Wildman–Crippen LogP) is 4.37. The number of phenols is 1. The van der Waals surface area contributed by atoms with Gasteiger partial charge in [0.15, 0.2) is 0 Å². The molecule has 0 bridgehead atoms. The van der Waals surface area contributed by atoms with Crippen molar-refractivity contribution in [1.82, 2.24) is 0 Å². The number of phenolic OH excluding ortho intramolecular Hbond substituents is 1. The lowest BCUT2D eigenvalue weighted by Gasteiger charge is -2.06. The highest BCUT2D eigenvalue weighted by Crippen LogP contribution is 2.35. The topological polar surface area (TPSA) is 20.2 Å². The average molecular weight is 239 g/mol. The molecule has 2 aromatic rings. The Labute approximate surface area is 97.9 Å². The molecule has 0 aliphatic carbocycles. The zero-order valence-corrected chi connectivity index (χ0v) is 9.26. The first-order chi connectivity index (χ1) is 7.18. The number of hydrogen-bond acceptors (Lipinski definition) is 1. The van der Waals surface area contributed by atoms with Gasteiger partial charge < -0.3 is 5.11 Å². The van der Waals surface area contributed by atoms with E-state index >= 15 is 0 Å². The molecule has 0 radical (unpaired) electrons. The molecule has 0 aromatic heterocycles. The second kappa shape index (κ2) is 4.13. The first kappa shape index (κ1) is 10.3. The molecule has 1 nitrogen and oxygen atoms in total. The lowest BCUT2D eigenvalue weighted by molar-refractivity contribution is 0.477. The molecule has 0 saturated carbocycles. The Balaban J connectivity index is 2.59. The van der Waals surface area contributed by atoms with E-state index in [1.54, 1.807) is 6.07 Å². The second-order valence-electron chi connectivity index (χ2n) is 3.15. The molecule has 15 heavy (non-hydrogen) atoms. The highest BCUT2D eigenvalue weighted by Gasteiger charge is 2.07. The van der Waals surface area contributed by atoms with Crippen LogP contribution in [0.2, 0.25) is 10.0 Å². The molecule has 76 valence electrons. The van der Waals surface area contributed by atoms with Crippen molar-refractivity contribution in [3.05, 3.63) is 52.5 Å². The van der Waals surface area contributed by atoms with Crippen LogP contribution in [0.4, 0.5) is 0 Å². The van der Waals surface area contributed by atoms with Gasteiger partial charge in [0.05, 0.1) is 10.0 Å². The average Bonchev–Trinajstić information content (AvgIpc) is 2.25. The van der Waals surface area contributed by atoms with Gasteiger partial charge in [-0.1, -0.05) is 53.5 Å². The van der Waals surface area contributed by atoms with E-state index in [4.69, 9.17) is 23.2 Å². The minimum Gasteiger partial charge on any atom is -0.507 e. The fourth-order valence-corrected chi connectivity index (χ4v) is 1.71. The smallest absolute Gasteiger partial charge is 0.124 e. The van der Waals surface area contributed by atoms with Gasteiger partial charge in [-0.3, -0.25) is 0 Å². The molecule has 2 aromatic carbocycles. The number of aromatic hydroxyl groups is 1. The lowest BCUT2D eigenvalue weighted by atomic mass is 10.1. The van der Waals surface area contributed by atoms with Crippen LogP contribution < -0.4 is 0 Å². The fourth-order valence-electron chi connectivity index (χ4n) is 1.39. The lowest BCUT2D eigenvalue weighted by Crippen LogP contribution is -1.79. The minimum atomic E-state index is 0.135. The largest absolute Gasteiger partial charge is 0.507 e. The van der Waals surface area contributed by atoms with Crippen molar-refractivity contribution in [3.8, 4) is 16.9 Å². The van der Waals surface area contributed by atoms with Gasteiger partial charge in [0.1, 0.15) is 5.75 Å². The summed E-state index contributed by atoms with van der Waals surface area (Å²) in [4.78, 5) is 0. The molecular weight excluding hydrogens is 231 g/mol. The number of hydrogen-bond donors (Lipinski definition) is 1. The Hall–Kier alpha value is -1.18. The van der Waals surface area contributed by atoms with Crippen LogP contribution in [0.15, 0.2) is 42.5 Å². The van der Waals surface area contributed by atoms with Crippen molar-refractivity contribution in [2.24, 2.45) is 0 Å². The van der Waals surface area contributed by atoms with Gasteiger partial charge in [-0.05, 0) is 11.6 Å². The van der Waals surface area contributed by atoms with Gasteiger partial charge in [0.2, 0.25) is 0 Å². The highest BCUT2D eigenvalue weighted by atomic mass is 35.5. The third-order valence-electron chi connectivity index (χ3n) is 2.12. The molecule has 1 N–H and O–H groups in total. The van der Waals surface area contributed by atoms with E-state index in [1.165, 1.54) is 6.07 Å². The van der Waals surface area contributed by atoms with Crippen molar-refractivity contribution < 1.29 is 5.11 Å². The van der Waals surface area contributed by atoms with Crippen LogP contribution in [0.1, 0.15) is 0 Å². The van der Waals surface area contributed by atoms with Crippen LogP contribution in [0, 0.1) is 0 Å². The number of rotatable bonds is 1. The molecule has 2 rings (SSSR count). The molecule has 0 fully saturated rings. The summed E-state index contributed by atoms with van der Waals surface area (Å²) in [7, 11) is 0. The van der Waals surface area contributed by atoms with Gasteiger partial charge in [-0.2, -0.15) is 0 Å². The minimum absolute atomic E-state index is 0.135. The van der Waals surface area contributed by atoms with Crippen molar-refractivity contribution in [2.75, 3.05) is 0 Å². The SMILES string of the molecule is Oc1cc(Cl)c(Cl)cc1-c1ccccc1. The van der Waals surface area contributed by atoms with Crippen molar-refractivity contribution in [1.29, 1.82) is 0 Å². The Bertz CT molecular complexity index is 480. The van der Waals surface area contributed by atoms with Crippen LogP contribution in [0.3, 0.4) is 0 Å². The Morgan fingerprint density at radius 2 is 1.47 bits per heavy atom. The highest BCUT2D eigenvalue weighted by molar-refractivity contribution is 6.42. The molecular formula is C12H8Cl2O. The summed E-state index contributed by atoms with van der Waals surface area (Å²) in [6.07, 6.45) is 0. The Kier molecular flexibility index (Phi) is 2.85. The van der Waals surface area contributed by atoms with Crippen LogP contribution in [0.25, 0.3) is 11.1 Å². The van der Waals surface area contributed by atoms with Crippen molar-refractivity contribution >= 4 is 23.2 Å². The van der Waals surface area contributed by atoms with Gasteiger partial charge >= 0.3 is 0 Å². The molecule has 0 amide bonds. The molecule has 0 aliphatic rings. The number of halogens is 2. The van der Waals surface area contributed by atoms with Crippen LogP contribution >= 0.6 is 23.2 Å². The molecule has 0 spiro atoms. The first-order valence-corrected chi connectivity index (χ1v) is 5.17. The van der Waals surface area contributed by atoms with Crippen LogP contribution in [-0.2, 0) is 0 Å². The van der Waals surface area contributed by atoms with Gasteiger partial charge in [-0.25, -0.2) is 0 Å². The first-order valence-electron chi connectivity index (χ1n) is 4.42. The van der Waals surface area contributed by atoms with E-state index in [1.807, 2.05) is 30.3 Å². The summed E-state index contributed by atoms with van der Waals surface area (Å²) >= 11 is 11.7. The number of benzene rings is 2. The molecule has 0 atom stereocenters. The normalized spacial score (nSPS) is 10.3. The van der Waals surface area contributed by atoms with Gasteiger partial charge in [0, 0.05) is 11.6 Å². The maximum atomic E-state index is 9.73. The molecule has 0 heterocycles. The third-order valence-corrected chi connectivity index (χ3v) is 2.85. The molecule has 3 heteroatoms. The van der Waals surface area contributed by atoms with Crippen molar-refractivity contribution in [2.45, 2.75) is 0 Å². The Morgan fingerprint density at radius 1 is 0.867 bits per heavy atom. The predicted molar refractivity (Wildman–Crippen MR) is 63.6 cm³/mol. The second-order valence-corrected chi connectivity index (χ2v) is 3.96. The third kappa shape index (κ3) is 2.09. The standard InChI is InChI=1S/C12H8Cl2O/c13-10-6-9(12(15)7-11(10)14)8-4-2-1-3-5-8/h1-7,15H. The van der Waals surface area contributed by atoms with Crippen molar-refractivity contribution in [3.63, 3.8) is 0 Å². The summed E-state index contributed by atoms with van der Waals surface area (Å²) in [6.45, 7) is 0. The maximum absolute atomic E-state index is 9.73. The maximum Gasteiger partial charge on any atom is 0.124 e.